The molecule has 1 amide bonds. The molecule has 0 saturated heterocycles. The Labute approximate surface area is 151 Å². The molecule has 1 aromatic heterocycles. The molecular weight excluding hydrogens is 328 g/mol. The van der Waals surface area contributed by atoms with E-state index >= 15 is 0 Å². The minimum absolute atomic E-state index is 0.106. The van der Waals surface area contributed by atoms with Gasteiger partial charge < -0.3 is 16.0 Å². The molecular formula is C20H22N4O2. The number of imidazole rings is 1. The van der Waals surface area contributed by atoms with E-state index in [2.05, 4.69) is 10.3 Å². The smallest absolute Gasteiger partial charge is 0.326 e. The maximum absolute atomic E-state index is 12.5. The third-order valence-corrected chi connectivity index (χ3v) is 5.11. The van der Waals surface area contributed by atoms with Crippen molar-refractivity contribution in [2.75, 3.05) is 0 Å². The van der Waals surface area contributed by atoms with Gasteiger partial charge in [-0.15, -0.1) is 0 Å². The van der Waals surface area contributed by atoms with Crippen molar-refractivity contribution in [3.05, 3.63) is 70.1 Å². The number of amides is 1. The molecule has 6 nitrogen and oxygen atoms in total. The van der Waals surface area contributed by atoms with E-state index < -0.39 is 6.17 Å². The predicted octanol–water partition coefficient (Wildman–Crippen LogP) is 2.83. The van der Waals surface area contributed by atoms with Crippen LogP contribution in [-0.4, -0.2) is 15.5 Å². The van der Waals surface area contributed by atoms with Crippen LogP contribution in [-0.2, 0) is 0 Å². The summed E-state index contributed by atoms with van der Waals surface area (Å²) in [7, 11) is 0. The van der Waals surface area contributed by atoms with Crippen LogP contribution in [0.3, 0.4) is 0 Å². The number of hydrogen-bond acceptors (Lipinski definition) is 3. The average Bonchev–Trinajstić information content (AvgIpc) is 3.28. The van der Waals surface area contributed by atoms with Gasteiger partial charge in [-0.2, -0.15) is 0 Å². The second-order valence-electron chi connectivity index (χ2n) is 6.83. The zero-order valence-electron chi connectivity index (χ0n) is 14.4. The summed E-state index contributed by atoms with van der Waals surface area (Å²) in [5.41, 5.74) is 8.80. The Morgan fingerprint density at radius 2 is 1.88 bits per heavy atom. The van der Waals surface area contributed by atoms with E-state index in [4.69, 9.17) is 5.73 Å². The summed E-state index contributed by atoms with van der Waals surface area (Å²) in [6.45, 7) is 0. The first-order valence-corrected chi connectivity index (χ1v) is 8.99. The molecule has 0 spiro atoms. The lowest BCUT2D eigenvalue weighted by atomic mass is 10.1. The number of aromatic nitrogens is 2. The highest BCUT2D eigenvalue weighted by Crippen LogP contribution is 2.30. The van der Waals surface area contributed by atoms with Gasteiger partial charge in [0.1, 0.15) is 6.17 Å². The van der Waals surface area contributed by atoms with Crippen LogP contribution in [0, 0.1) is 0 Å². The van der Waals surface area contributed by atoms with Crippen LogP contribution in [0.1, 0.15) is 53.8 Å². The molecule has 1 saturated carbocycles. The van der Waals surface area contributed by atoms with Crippen molar-refractivity contribution in [1.29, 1.82) is 0 Å². The van der Waals surface area contributed by atoms with Crippen molar-refractivity contribution < 1.29 is 4.79 Å². The number of fused-ring (bicyclic) bond motifs is 1. The highest BCUT2D eigenvalue weighted by molar-refractivity contribution is 5.97. The van der Waals surface area contributed by atoms with Crippen molar-refractivity contribution in [2.24, 2.45) is 5.73 Å². The lowest BCUT2D eigenvalue weighted by Crippen LogP contribution is -2.34. The number of carbonyl (C=O) groups excluding carboxylic acids is 1. The summed E-state index contributed by atoms with van der Waals surface area (Å²) in [6.07, 6.45) is 3.78. The summed E-state index contributed by atoms with van der Waals surface area (Å²) in [5, 5.41) is 2.79. The Kier molecular flexibility index (Phi) is 4.34. The average molecular weight is 350 g/mol. The van der Waals surface area contributed by atoms with E-state index in [0.29, 0.717) is 11.1 Å². The molecule has 1 aliphatic carbocycles. The third-order valence-electron chi connectivity index (χ3n) is 5.11. The van der Waals surface area contributed by atoms with Gasteiger partial charge in [-0.25, -0.2) is 4.79 Å². The Balaban J connectivity index is 1.59. The number of nitrogens with zero attached hydrogens (tertiary/aromatic N) is 1. The molecule has 26 heavy (non-hydrogen) atoms. The van der Waals surface area contributed by atoms with Crippen LogP contribution < -0.4 is 16.7 Å². The molecule has 6 heteroatoms. The van der Waals surface area contributed by atoms with Gasteiger partial charge in [-0.3, -0.25) is 9.36 Å². The molecule has 1 heterocycles. The summed E-state index contributed by atoms with van der Waals surface area (Å²) >= 11 is 0. The normalized spacial score (nSPS) is 16.0. The largest absolute Gasteiger partial charge is 0.333 e. The number of H-pyrrole nitrogens is 1. The van der Waals surface area contributed by atoms with Gasteiger partial charge in [-0.05, 0) is 36.6 Å². The summed E-state index contributed by atoms with van der Waals surface area (Å²) in [6, 6.07) is 15.0. The number of carbonyl (C=O) groups is 1. The summed E-state index contributed by atoms with van der Waals surface area (Å²) < 4.78 is 1.83. The van der Waals surface area contributed by atoms with Gasteiger partial charge in [0.05, 0.1) is 11.0 Å². The summed E-state index contributed by atoms with van der Waals surface area (Å²) in [4.78, 5) is 27.8. The fraction of sp³-hybridized carbons (Fsp3) is 0.300. The van der Waals surface area contributed by atoms with Crippen molar-refractivity contribution in [3.63, 3.8) is 0 Å². The Bertz CT molecular complexity index is 984. The molecule has 1 fully saturated rings. The monoisotopic (exact) mass is 350 g/mol. The first-order valence-electron chi connectivity index (χ1n) is 8.99. The zero-order chi connectivity index (χ0) is 18.1. The predicted molar refractivity (Wildman–Crippen MR) is 101 cm³/mol. The lowest BCUT2D eigenvalue weighted by Gasteiger charge is -2.14. The van der Waals surface area contributed by atoms with Crippen LogP contribution in [0.2, 0.25) is 0 Å². The molecule has 0 bridgehead atoms. The maximum Gasteiger partial charge on any atom is 0.326 e. The first-order chi connectivity index (χ1) is 12.6. The highest BCUT2D eigenvalue weighted by Gasteiger charge is 2.21. The SMILES string of the molecule is NC(NC(=O)c1ccc2c(c1)[nH]c(=O)n2C1CCCC1)c1ccccc1. The molecule has 1 unspecified atom stereocenters. The van der Waals surface area contributed by atoms with Gasteiger partial charge in [0.15, 0.2) is 0 Å². The first kappa shape index (κ1) is 16.6. The van der Waals surface area contributed by atoms with Gasteiger partial charge >= 0.3 is 5.69 Å². The molecule has 4 N–H and O–H groups in total. The van der Waals surface area contributed by atoms with Gasteiger partial charge in [0, 0.05) is 11.6 Å². The summed E-state index contributed by atoms with van der Waals surface area (Å²) in [5.74, 6) is -0.266. The highest BCUT2D eigenvalue weighted by atomic mass is 16.2. The molecule has 3 aromatic rings. The van der Waals surface area contributed by atoms with E-state index in [1.165, 1.54) is 0 Å². The number of nitrogens with two attached hydrogens (primary N) is 1. The Morgan fingerprint density at radius 3 is 2.62 bits per heavy atom. The molecule has 2 aromatic carbocycles. The quantitative estimate of drug-likeness (QED) is 0.632. The van der Waals surface area contributed by atoms with Crippen molar-refractivity contribution >= 4 is 16.9 Å². The number of rotatable bonds is 4. The molecule has 1 aliphatic rings. The van der Waals surface area contributed by atoms with E-state index in [1.807, 2.05) is 41.0 Å². The fourth-order valence-electron chi connectivity index (χ4n) is 3.77. The second-order valence-corrected chi connectivity index (χ2v) is 6.83. The number of benzene rings is 2. The number of hydrogen-bond donors (Lipinski definition) is 3. The van der Waals surface area contributed by atoms with Crippen molar-refractivity contribution in [3.8, 4) is 0 Å². The molecule has 0 radical (unpaired) electrons. The van der Waals surface area contributed by atoms with E-state index in [1.54, 1.807) is 12.1 Å². The third kappa shape index (κ3) is 3.04. The Hall–Kier alpha value is -2.86. The minimum atomic E-state index is -0.582. The Morgan fingerprint density at radius 1 is 1.15 bits per heavy atom. The van der Waals surface area contributed by atoms with E-state index in [0.717, 1.165) is 36.8 Å². The lowest BCUT2D eigenvalue weighted by molar-refractivity contribution is 0.0938. The number of aromatic amines is 1. The van der Waals surface area contributed by atoms with Gasteiger partial charge in [-0.1, -0.05) is 43.2 Å². The maximum atomic E-state index is 12.5. The van der Waals surface area contributed by atoms with Gasteiger partial charge in [0.25, 0.3) is 5.91 Å². The molecule has 0 aliphatic heterocycles. The molecule has 1 atom stereocenters. The van der Waals surface area contributed by atoms with E-state index in [9.17, 15) is 9.59 Å². The standard InChI is InChI=1S/C20H22N4O2/c21-18(13-6-2-1-3-7-13)23-19(25)14-10-11-17-16(12-14)22-20(26)24(17)15-8-4-5-9-15/h1-3,6-7,10-12,15,18H,4-5,8-9,21H2,(H,22,26)(H,23,25). The number of nitrogens with one attached hydrogen (secondary N) is 2. The van der Waals surface area contributed by atoms with Crippen molar-refractivity contribution in [2.45, 2.75) is 37.9 Å². The van der Waals surface area contributed by atoms with Gasteiger partial charge in [0.2, 0.25) is 0 Å². The van der Waals surface area contributed by atoms with Crippen LogP contribution in [0.4, 0.5) is 0 Å². The molecule has 4 rings (SSSR count). The van der Waals surface area contributed by atoms with Crippen molar-refractivity contribution in [1.82, 2.24) is 14.9 Å². The van der Waals surface area contributed by atoms with E-state index in [-0.39, 0.29) is 17.6 Å². The minimum Gasteiger partial charge on any atom is -0.333 e. The van der Waals surface area contributed by atoms with Crippen LogP contribution >= 0.6 is 0 Å². The van der Waals surface area contributed by atoms with Crippen LogP contribution in [0.25, 0.3) is 11.0 Å². The zero-order valence-corrected chi connectivity index (χ0v) is 14.4. The fourth-order valence-corrected chi connectivity index (χ4v) is 3.77. The van der Waals surface area contributed by atoms with Crippen LogP contribution in [0.5, 0.6) is 0 Å². The molecule has 134 valence electrons. The van der Waals surface area contributed by atoms with Crippen LogP contribution in [0.15, 0.2) is 53.3 Å². The topological polar surface area (TPSA) is 92.9 Å². The second kappa shape index (κ2) is 6.80.